The van der Waals surface area contributed by atoms with Crippen LogP contribution in [0.5, 0.6) is 0 Å². The van der Waals surface area contributed by atoms with Gasteiger partial charge in [0.25, 0.3) is 0 Å². The molecule has 0 fully saturated rings. The van der Waals surface area contributed by atoms with Crippen molar-refractivity contribution in [1.29, 1.82) is 0 Å². The van der Waals surface area contributed by atoms with Crippen LogP contribution in [0.15, 0.2) is 24.3 Å². The number of aliphatic hydroxyl groups is 1. The van der Waals surface area contributed by atoms with Crippen LogP contribution in [0.1, 0.15) is 30.3 Å². The first kappa shape index (κ1) is 10.2. The van der Waals surface area contributed by atoms with Crippen LogP contribution in [0.4, 0.5) is 4.39 Å². The summed E-state index contributed by atoms with van der Waals surface area (Å²) < 4.78 is 12.9. The zero-order valence-electron chi connectivity index (χ0n) is 7.57. The molecule has 0 aliphatic rings. The molecule has 0 saturated carbocycles. The van der Waals surface area contributed by atoms with Crippen molar-refractivity contribution in [3.05, 3.63) is 35.4 Å². The third-order valence-electron chi connectivity index (χ3n) is 1.99. The third kappa shape index (κ3) is 2.50. The normalized spacial score (nSPS) is 15.4. The highest BCUT2D eigenvalue weighted by Gasteiger charge is 2.07. The number of nitrogens with two attached hydrogens (primary N) is 1. The first-order valence-corrected chi connectivity index (χ1v) is 4.25. The molecule has 72 valence electrons. The summed E-state index contributed by atoms with van der Waals surface area (Å²) in [6.45, 7) is 1.35. The Morgan fingerprint density at radius 1 is 1.46 bits per heavy atom. The number of halogens is 1. The van der Waals surface area contributed by atoms with Gasteiger partial charge in [0.15, 0.2) is 0 Å². The van der Waals surface area contributed by atoms with Crippen molar-refractivity contribution in [3.8, 4) is 0 Å². The van der Waals surface area contributed by atoms with Crippen molar-refractivity contribution in [3.63, 3.8) is 0 Å². The molecule has 0 aliphatic carbocycles. The molecule has 0 amide bonds. The molecule has 13 heavy (non-hydrogen) atoms. The summed E-state index contributed by atoms with van der Waals surface area (Å²) in [5, 5.41) is 8.80. The fraction of sp³-hybridized carbons (Fsp3) is 0.400. The quantitative estimate of drug-likeness (QED) is 0.749. The molecule has 2 nitrogen and oxygen atoms in total. The molecule has 2 unspecified atom stereocenters. The van der Waals surface area contributed by atoms with Gasteiger partial charge in [-0.05, 0) is 18.1 Å². The predicted molar refractivity (Wildman–Crippen MR) is 50.0 cm³/mol. The Labute approximate surface area is 77.2 Å². The maximum atomic E-state index is 12.9. The van der Waals surface area contributed by atoms with Gasteiger partial charge in [-0.2, -0.15) is 0 Å². The average Bonchev–Trinajstić information content (AvgIpc) is 2.17. The largest absolute Gasteiger partial charge is 0.394 e. The van der Waals surface area contributed by atoms with E-state index in [0.717, 1.165) is 5.56 Å². The monoisotopic (exact) mass is 183 g/mol. The van der Waals surface area contributed by atoms with Crippen LogP contribution >= 0.6 is 0 Å². The molecular weight excluding hydrogens is 169 g/mol. The molecule has 0 bridgehead atoms. The number of rotatable bonds is 3. The van der Waals surface area contributed by atoms with E-state index in [1.54, 1.807) is 24.3 Å². The van der Waals surface area contributed by atoms with Gasteiger partial charge in [-0.1, -0.05) is 24.3 Å². The highest BCUT2D eigenvalue weighted by molar-refractivity contribution is 5.27. The first-order valence-electron chi connectivity index (χ1n) is 4.25. The smallest absolute Gasteiger partial charge is 0.122 e. The zero-order chi connectivity index (χ0) is 9.84. The van der Waals surface area contributed by atoms with Gasteiger partial charge in [0.2, 0.25) is 0 Å². The molecule has 0 aliphatic heterocycles. The summed E-state index contributed by atoms with van der Waals surface area (Å²) in [4.78, 5) is 0. The Kier molecular flexibility index (Phi) is 3.39. The first-order chi connectivity index (χ1) is 6.15. The molecule has 1 aromatic carbocycles. The van der Waals surface area contributed by atoms with Gasteiger partial charge >= 0.3 is 0 Å². The van der Waals surface area contributed by atoms with Gasteiger partial charge < -0.3 is 10.8 Å². The van der Waals surface area contributed by atoms with Crippen molar-refractivity contribution >= 4 is 0 Å². The second kappa shape index (κ2) is 4.35. The highest BCUT2D eigenvalue weighted by atomic mass is 19.1. The van der Waals surface area contributed by atoms with Crippen molar-refractivity contribution in [2.75, 3.05) is 6.61 Å². The topological polar surface area (TPSA) is 46.2 Å². The Morgan fingerprint density at radius 3 is 2.62 bits per heavy atom. The van der Waals surface area contributed by atoms with E-state index < -0.39 is 12.2 Å². The zero-order valence-corrected chi connectivity index (χ0v) is 7.57. The lowest BCUT2D eigenvalue weighted by molar-refractivity contribution is 0.267. The van der Waals surface area contributed by atoms with Gasteiger partial charge in [-0.25, -0.2) is 4.39 Å². The van der Waals surface area contributed by atoms with Crippen LogP contribution in [0.2, 0.25) is 0 Å². The molecule has 0 heterocycles. The number of hydrogen-bond acceptors (Lipinski definition) is 2. The minimum Gasteiger partial charge on any atom is -0.394 e. The maximum Gasteiger partial charge on any atom is 0.122 e. The second-order valence-electron chi connectivity index (χ2n) is 3.08. The number of hydrogen-bond donors (Lipinski definition) is 2. The average molecular weight is 183 g/mol. The van der Waals surface area contributed by atoms with Gasteiger partial charge in [-0.3, -0.25) is 0 Å². The summed E-state index contributed by atoms with van der Waals surface area (Å²) in [6, 6.07) is 6.51. The van der Waals surface area contributed by atoms with E-state index >= 15 is 0 Å². The number of aliphatic hydroxyl groups excluding tert-OH is 1. The molecule has 1 aromatic rings. The SMILES string of the molecule is CC(F)c1cccc(C(N)CO)c1. The number of benzene rings is 1. The van der Waals surface area contributed by atoms with E-state index in [1.807, 2.05) is 0 Å². The lowest BCUT2D eigenvalue weighted by Crippen LogP contribution is -2.14. The molecule has 2 atom stereocenters. The summed E-state index contributed by atoms with van der Waals surface area (Å²) in [6.07, 6.45) is -0.995. The lowest BCUT2D eigenvalue weighted by atomic mass is 10.0. The minimum atomic E-state index is -0.995. The van der Waals surface area contributed by atoms with E-state index in [2.05, 4.69) is 0 Å². The van der Waals surface area contributed by atoms with Gasteiger partial charge in [-0.15, -0.1) is 0 Å². The standard InChI is InChI=1S/C10H14FNO/c1-7(11)8-3-2-4-9(5-8)10(12)6-13/h2-5,7,10,13H,6,12H2,1H3. The van der Waals surface area contributed by atoms with Gasteiger partial charge in [0.1, 0.15) is 6.17 Å². The molecule has 3 heteroatoms. The van der Waals surface area contributed by atoms with Gasteiger partial charge in [0, 0.05) is 0 Å². The highest BCUT2D eigenvalue weighted by Crippen LogP contribution is 2.19. The molecule has 3 N–H and O–H groups in total. The van der Waals surface area contributed by atoms with Crippen molar-refractivity contribution < 1.29 is 9.50 Å². The van der Waals surface area contributed by atoms with Crippen molar-refractivity contribution in [1.82, 2.24) is 0 Å². The third-order valence-corrected chi connectivity index (χ3v) is 1.99. The van der Waals surface area contributed by atoms with E-state index in [-0.39, 0.29) is 6.61 Å². The van der Waals surface area contributed by atoms with E-state index in [9.17, 15) is 4.39 Å². The summed E-state index contributed by atoms with van der Waals surface area (Å²) in [5.74, 6) is 0. The van der Waals surface area contributed by atoms with E-state index in [1.165, 1.54) is 6.92 Å². The summed E-state index contributed by atoms with van der Waals surface area (Å²) in [7, 11) is 0. The van der Waals surface area contributed by atoms with Crippen molar-refractivity contribution in [2.24, 2.45) is 5.73 Å². The van der Waals surface area contributed by atoms with Crippen molar-refractivity contribution in [2.45, 2.75) is 19.1 Å². The minimum absolute atomic E-state index is 0.121. The maximum absolute atomic E-state index is 12.9. The van der Waals surface area contributed by atoms with Crippen LogP contribution < -0.4 is 5.73 Å². The van der Waals surface area contributed by atoms with Crippen LogP contribution in [0.25, 0.3) is 0 Å². The van der Waals surface area contributed by atoms with Crippen LogP contribution in [-0.4, -0.2) is 11.7 Å². The van der Waals surface area contributed by atoms with Crippen LogP contribution in [0, 0.1) is 0 Å². The Bertz CT molecular complexity index is 275. The Balaban J connectivity index is 2.91. The summed E-state index contributed by atoms with van der Waals surface area (Å²) >= 11 is 0. The lowest BCUT2D eigenvalue weighted by Gasteiger charge is -2.10. The van der Waals surface area contributed by atoms with E-state index in [0.29, 0.717) is 5.56 Å². The van der Waals surface area contributed by atoms with Gasteiger partial charge in [0.05, 0.1) is 12.6 Å². The molecule has 0 spiro atoms. The molecule has 0 saturated heterocycles. The fourth-order valence-electron chi connectivity index (χ4n) is 1.14. The molecule has 0 radical (unpaired) electrons. The molecule has 1 rings (SSSR count). The fourth-order valence-corrected chi connectivity index (χ4v) is 1.14. The second-order valence-corrected chi connectivity index (χ2v) is 3.08. The van der Waals surface area contributed by atoms with Crippen LogP contribution in [-0.2, 0) is 0 Å². The Morgan fingerprint density at radius 2 is 2.08 bits per heavy atom. The van der Waals surface area contributed by atoms with Crippen LogP contribution in [0.3, 0.4) is 0 Å². The molecular formula is C10H14FNO. The predicted octanol–water partition coefficient (Wildman–Crippen LogP) is 1.71. The molecule has 0 aromatic heterocycles. The van der Waals surface area contributed by atoms with E-state index in [4.69, 9.17) is 10.8 Å². The summed E-state index contributed by atoms with van der Waals surface area (Å²) in [5.41, 5.74) is 6.96. The Hall–Kier alpha value is -0.930. The number of alkyl halides is 1.